The molecule has 0 aliphatic carbocycles. The van der Waals surface area contributed by atoms with Crippen LogP contribution >= 0.6 is 0 Å². The summed E-state index contributed by atoms with van der Waals surface area (Å²) < 4.78 is 13.5. The van der Waals surface area contributed by atoms with E-state index in [0.29, 0.717) is 23.4 Å². The van der Waals surface area contributed by atoms with Crippen molar-refractivity contribution >= 4 is 23.2 Å². The fourth-order valence-corrected chi connectivity index (χ4v) is 2.06. The van der Waals surface area contributed by atoms with Gasteiger partial charge in [0.1, 0.15) is 5.82 Å². The van der Waals surface area contributed by atoms with Gasteiger partial charge >= 0.3 is 0 Å². The molecule has 0 bridgehead atoms. The topological polar surface area (TPSA) is 58.2 Å². The van der Waals surface area contributed by atoms with Gasteiger partial charge in [0.25, 0.3) is 5.91 Å². The van der Waals surface area contributed by atoms with Gasteiger partial charge in [0.2, 0.25) is 5.91 Å². The minimum atomic E-state index is -0.418. The second-order valence-electron chi connectivity index (χ2n) is 5.30. The lowest BCUT2D eigenvalue weighted by Crippen LogP contribution is -2.13. The summed E-state index contributed by atoms with van der Waals surface area (Å²) in [5.74, 6) is -0.893. The third-order valence-corrected chi connectivity index (χ3v) is 3.32. The largest absolute Gasteiger partial charge is 0.326 e. The number of benzene rings is 2. The van der Waals surface area contributed by atoms with Gasteiger partial charge in [-0.2, -0.15) is 0 Å². The summed E-state index contributed by atoms with van der Waals surface area (Å²) in [5, 5.41) is 5.46. The molecule has 4 nitrogen and oxygen atoms in total. The smallest absolute Gasteiger partial charge is 0.255 e. The van der Waals surface area contributed by atoms with Crippen LogP contribution in [0, 0.1) is 12.7 Å². The molecule has 0 unspecified atom stereocenters. The van der Waals surface area contributed by atoms with Gasteiger partial charge in [0, 0.05) is 23.4 Å². The van der Waals surface area contributed by atoms with Gasteiger partial charge in [0.05, 0.1) is 0 Å². The average molecular weight is 314 g/mol. The lowest BCUT2D eigenvalue weighted by Gasteiger charge is -2.09. The zero-order valence-electron chi connectivity index (χ0n) is 13.2. The highest BCUT2D eigenvalue weighted by Gasteiger charge is 2.09. The maximum atomic E-state index is 13.5. The summed E-state index contributed by atoms with van der Waals surface area (Å²) >= 11 is 0. The number of nitrogens with one attached hydrogen (secondary N) is 2. The second-order valence-corrected chi connectivity index (χ2v) is 5.30. The van der Waals surface area contributed by atoms with Crippen LogP contribution in [-0.4, -0.2) is 11.8 Å². The number of carbonyl (C=O) groups excluding carboxylic acids is 2. The zero-order valence-corrected chi connectivity index (χ0v) is 13.2. The first-order valence-electron chi connectivity index (χ1n) is 7.47. The first-order chi connectivity index (χ1) is 11.0. The van der Waals surface area contributed by atoms with Gasteiger partial charge in [-0.1, -0.05) is 19.1 Å². The van der Waals surface area contributed by atoms with Gasteiger partial charge in [-0.25, -0.2) is 4.39 Å². The molecule has 0 saturated heterocycles. The summed E-state index contributed by atoms with van der Waals surface area (Å²) in [6.07, 6.45) is 1.21. The molecule has 0 spiro atoms. The number of anilines is 2. The Morgan fingerprint density at radius 3 is 2.39 bits per heavy atom. The molecule has 2 aromatic rings. The van der Waals surface area contributed by atoms with Gasteiger partial charge in [-0.3, -0.25) is 9.59 Å². The van der Waals surface area contributed by atoms with E-state index in [2.05, 4.69) is 10.6 Å². The first kappa shape index (κ1) is 16.7. The highest BCUT2D eigenvalue weighted by Crippen LogP contribution is 2.17. The molecule has 2 N–H and O–H groups in total. The van der Waals surface area contributed by atoms with Crippen LogP contribution < -0.4 is 10.6 Å². The minimum absolute atomic E-state index is 0.0726. The Bertz CT molecular complexity index is 729. The van der Waals surface area contributed by atoms with E-state index in [1.165, 1.54) is 6.07 Å². The van der Waals surface area contributed by atoms with Crippen LogP contribution in [-0.2, 0) is 4.79 Å². The molecule has 0 aliphatic heterocycles. The number of halogens is 1. The highest BCUT2D eigenvalue weighted by atomic mass is 19.1. The van der Waals surface area contributed by atoms with Crippen molar-refractivity contribution in [1.82, 2.24) is 0 Å². The Balaban J connectivity index is 2.08. The number of carbonyl (C=O) groups is 2. The molecule has 0 heterocycles. The molecule has 0 radical (unpaired) electrons. The van der Waals surface area contributed by atoms with Crippen LogP contribution in [0.25, 0.3) is 0 Å². The van der Waals surface area contributed by atoms with Crippen molar-refractivity contribution in [2.75, 3.05) is 10.6 Å². The third kappa shape index (κ3) is 4.64. The van der Waals surface area contributed by atoms with Gasteiger partial charge < -0.3 is 10.6 Å². The standard InChI is InChI=1S/C18H19FN2O2/c1-3-5-17(22)20-14-6-4-7-15(11-14)21-18(23)13-9-8-12(2)16(19)10-13/h4,6-11H,3,5H2,1-2H3,(H,20,22)(H,21,23). The molecule has 0 atom stereocenters. The van der Waals surface area contributed by atoms with Crippen LogP contribution in [0.3, 0.4) is 0 Å². The molecule has 120 valence electrons. The Kier molecular flexibility index (Phi) is 5.46. The van der Waals surface area contributed by atoms with Crippen LogP contribution in [0.1, 0.15) is 35.7 Å². The molecule has 0 aliphatic rings. The summed E-state index contributed by atoms with van der Waals surface area (Å²) in [6, 6.07) is 11.2. The third-order valence-electron chi connectivity index (χ3n) is 3.32. The lowest BCUT2D eigenvalue weighted by molar-refractivity contribution is -0.116. The molecular formula is C18H19FN2O2. The van der Waals surface area contributed by atoms with Crippen molar-refractivity contribution in [3.63, 3.8) is 0 Å². The number of aryl methyl sites for hydroxylation is 1. The monoisotopic (exact) mass is 314 g/mol. The van der Waals surface area contributed by atoms with Crippen molar-refractivity contribution in [2.45, 2.75) is 26.7 Å². The van der Waals surface area contributed by atoms with E-state index < -0.39 is 11.7 Å². The molecule has 5 heteroatoms. The fourth-order valence-electron chi connectivity index (χ4n) is 2.06. The zero-order chi connectivity index (χ0) is 16.8. The molecule has 0 fully saturated rings. The maximum absolute atomic E-state index is 13.5. The Labute approximate surface area is 134 Å². The van der Waals surface area contributed by atoms with Crippen LogP contribution in [0.15, 0.2) is 42.5 Å². The predicted molar refractivity (Wildman–Crippen MR) is 89.1 cm³/mol. The minimum Gasteiger partial charge on any atom is -0.326 e. The summed E-state index contributed by atoms with van der Waals surface area (Å²) in [4.78, 5) is 23.7. The molecule has 2 aromatic carbocycles. The normalized spacial score (nSPS) is 10.2. The second kappa shape index (κ2) is 7.54. The van der Waals surface area contributed by atoms with Crippen molar-refractivity contribution < 1.29 is 14.0 Å². The van der Waals surface area contributed by atoms with Crippen molar-refractivity contribution in [3.05, 3.63) is 59.4 Å². The van der Waals surface area contributed by atoms with E-state index in [1.807, 2.05) is 6.92 Å². The van der Waals surface area contributed by atoms with E-state index in [-0.39, 0.29) is 11.5 Å². The maximum Gasteiger partial charge on any atom is 0.255 e. The number of hydrogen-bond donors (Lipinski definition) is 2. The summed E-state index contributed by atoms with van der Waals surface area (Å²) in [6.45, 7) is 3.57. The Morgan fingerprint density at radius 1 is 1.04 bits per heavy atom. The average Bonchev–Trinajstić information content (AvgIpc) is 2.50. The molecule has 2 rings (SSSR count). The van der Waals surface area contributed by atoms with Gasteiger partial charge in [0.15, 0.2) is 0 Å². The Hall–Kier alpha value is -2.69. The van der Waals surface area contributed by atoms with Gasteiger partial charge in [-0.05, 0) is 49.2 Å². The van der Waals surface area contributed by atoms with Crippen molar-refractivity contribution in [1.29, 1.82) is 0 Å². The molecule has 23 heavy (non-hydrogen) atoms. The number of hydrogen-bond acceptors (Lipinski definition) is 2. The highest BCUT2D eigenvalue weighted by molar-refractivity contribution is 6.04. The number of amides is 2. The lowest BCUT2D eigenvalue weighted by atomic mass is 10.1. The molecule has 0 aromatic heterocycles. The predicted octanol–water partition coefficient (Wildman–Crippen LogP) is 4.13. The molecule has 2 amide bonds. The van der Waals surface area contributed by atoms with E-state index in [0.717, 1.165) is 6.42 Å². The van der Waals surface area contributed by atoms with E-state index in [9.17, 15) is 14.0 Å². The summed E-state index contributed by atoms with van der Waals surface area (Å²) in [7, 11) is 0. The quantitative estimate of drug-likeness (QED) is 0.872. The SMILES string of the molecule is CCCC(=O)Nc1cccc(NC(=O)c2ccc(C)c(F)c2)c1. The van der Waals surface area contributed by atoms with E-state index in [1.54, 1.807) is 43.3 Å². The van der Waals surface area contributed by atoms with Crippen LogP contribution in [0.5, 0.6) is 0 Å². The summed E-state index contributed by atoms with van der Waals surface area (Å²) in [5.41, 5.74) is 1.87. The molecular weight excluding hydrogens is 295 g/mol. The van der Waals surface area contributed by atoms with Crippen molar-refractivity contribution in [3.8, 4) is 0 Å². The van der Waals surface area contributed by atoms with Crippen LogP contribution in [0.2, 0.25) is 0 Å². The van der Waals surface area contributed by atoms with Crippen molar-refractivity contribution in [2.24, 2.45) is 0 Å². The van der Waals surface area contributed by atoms with E-state index in [4.69, 9.17) is 0 Å². The fraction of sp³-hybridized carbons (Fsp3) is 0.222. The first-order valence-corrected chi connectivity index (χ1v) is 7.47. The Morgan fingerprint density at radius 2 is 1.74 bits per heavy atom. The van der Waals surface area contributed by atoms with Gasteiger partial charge in [-0.15, -0.1) is 0 Å². The van der Waals surface area contributed by atoms with Crippen LogP contribution in [0.4, 0.5) is 15.8 Å². The van der Waals surface area contributed by atoms with E-state index >= 15 is 0 Å². The molecule has 0 saturated carbocycles. The number of rotatable bonds is 5.